The Kier molecular flexibility index (Phi) is 5.65. The molecule has 0 saturated heterocycles. The minimum atomic E-state index is -0.0413. The number of nitrogens with two attached hydrogens (primary N) is 1. The molecular weight excluding hydrogens is 264 g/mol. The fourth-order valence-corrected chi connectivity index (χ4v) is 2.61. The van der Waals surface area contributed by atoms with Crippen LogP contribution in [0.15, 0.2) is 18.2 Å². The summed E-state index contributed by atoms with van der Waals surface area (Å²) in [6.07, 6.45) is 5.80. The lowest BCUT2D eigenvalue weighted by Gasteiger charge is -2.22. The van der Waals surface area contributed by atoms with E-state index in [2.05, 4.69) is 17.2 Å². The van der Waals surface area contributed by atoms with Crippen LogP contribution < -0.4 is 15.8 Å². The number of methoxy groups -OCH3 is 1. The molecule has 0 atom stereocenters. The van der Waals surface area contributed by atoms with Crippen molar-refractivity contribution in [1.29, 1.82) is 0 Å². The lowest BCUT2D eigenvalue weighted by molar-refractivity contribution is 0.0927. The number of ether oxygens (including phenoxy) is 1. The number of benzene rings is 1. The smallest absolute Gasteiger partial charge is 0.251 e. The topological polar surface area (TPSA) is 64.3 Å². The van der Waals surface area contributed by atoms with Gasteiger partial charge in [0.2, 0.25) is 0 Å². The molecule has 0 heterocycles. The van der Waals surface area contributed by atoms with Crippen LogP contribution in [0.5, 0.6) is 5.75 Å². The molecule has 0 aromatic heterocycles. The summed E-state index contributed by atoms with van der Waals surface area (Å²) < 4.78 is 5.25. The third kappa shape index (κ3) is 4.24. The Bertz CT molecular complexity index is 552. The standard InChI is InChI=1S/C17H22N2O2/c1-21-16-10-9-14(12-13(16)6-5-11-18)17(20)19-15-7-3-2-4-8-15/h9-10,12,15H,2-4,7-8,11,18H2,1H3,(H,19,20). The fourth-order valence-electron chi connectivity index (χ4n) is 2.61. The number of rotatable bonds is 3. The van der Waals surface area contributed by atoms with Gasteiger partial charge in [0, 0.05) is 11.6 Å². The molecular formula is C17H22N2O2. The summed E-state index contributed by atoms with van der Waals surface area (Å²) in [4.78, 5) is 12.3. The third-order valence-corrected chi connectivity index (χ3v) is 3.73. The van der Waals surface area contributed by atoms with Crippen molar-refractivity contribution in [3.63, 3.8) is 0 Å². The van der Waals surface area contributed by atoms with E-state index in [0.29, 0.717) is 22.9 Å². The molecule has 112 valence electrons. The van der Waals surface area contributed by atoms with Crippen LogP contribution in [0.1, 0.15) is 48.0 Å². The monoisotopic (exact) mass is 286 g/mol. The van der Waals surface area contributed by atoms with Crippen LogP contribution >= 0.6 is 0 Å². The summed E-state index contributed by atoms with van der Waals surface area (Å²) in [6, 6.07) is 5.60. The van der Waals surface area contributed by atoms with Crippen molar-refractivity contribution < 1.29 is 9.53 Å². The van der Waals surface area contributed by atoms with Crippen molar-refractivity contribution in [1.82, 2.24) is 5.32 Å². The summed E-state index contributed by atoms with van der Waals surface area (Å²) in [6.45, 7) is 0.279. The van der Waals surface area contributed by atoms with Crippen LogP contribution in [0.4, 0.5) is 0 Å². The van der Waals surface area contributed by atoms with Gasteiger partial charge in [-0.15, -0.1) is 0 Å². The highest BCUT2D eigenvalue weighted by Gasteiger charge is 2.17. The SMILES string of the molecule is COc1ccc(C(=O)NC2CCCCC2)cc1C#CCN. The maximum absolute atomic E-state index is 12.3. The first-order valence-electron chi connectivity index (χ1n) is 7.42. The second-order valence-electron chi connectivity index (χ2n) is 5.23. The molecule has 1 aromatic rings. The Hall–Kier alpha value is -1.99. The number of amides is 1. The highest BCUT2D eigenvalue weighted by Crippen LogP contribution is 2.21. The normalized spacial score (nSPS) is 15.0. The minimum absolute atomic E-state index is 0.0413. The number of nitrogens with one attached hydrogen (secondary N) is 1. The first kappa shape index (κ1) is 15.4. The van der Waals surface area contributed by atoms with Gasteiger partial charge in [-0.1, -0.05) is 31.1 Å². The van der Waals surface area contributed by atoms with Crippen LogP contribution in [0.3, 0.4) is 0 Å². The van der Waals surface area contributed by atoms with E-state index in [4.69, 9.17) is 10.5 Å². The Morgan fingerprint density at radius 1 is 1.38 bits per heavy atom. The zero-order valence-electron chi connectivity index (χ0n) is 12.4. The van der Waals surface area contributed by atoms with Gasteiger partial charge in [-0.25, -0.2) is 0 Å². The Morgan fingerprint density at radius 2 is 2.14 bits per heavy atom. The molecule has 21 heavy (non-hydrogen) atoms. The van der Waals surface area contributed by atoms with Gasteiger partial charge in [0.15, 0.2) is 0 Å². The van der Waals surface area contributed by atoms with Crippen molar-refractivity contribution in [3.05, 3.63) is 29.3 Å². The van der Waals surface area contributed by atoms with Crippen LogP contribution in [0, 0.1) is 11.8 Å². The molecule has 0 aliphatic heterocycles. The average Bonchev–Trinajstić information content (AvgIpc) is 2.53. The Labute approximate surface area is 126 Å². The van der Waals surface area contributed by atoms with Crippen LogP contribution in [-0.4, -0.2) is 25.6 Å². The van der Waals surface area contributed by atoms with Gasteiger partial charge < -0.3 is 15.8 Å². The first-order valence-corrected chi connectivity index (χ1v) is 7.42. The van der Waals surface area contributed by atoms with E-state index in [0.717, 1.165) is 12.8 Å². The predicted octanol–water partition coefficient (Wildman–Crippen LogP) is 2.07. The van der Waals surface area contributed by atoms with Gasteiger partial charge in [-0.3, -0.25) is 4.79 Å². The van der Waals surface area contributed by atoms with Crippen molar-refractivity contribution in [2.45, 2.75) is 38.1 Å². The van der Waals surface area contributed by atoms with Gasteiger partial charge >= 0.3 is 0 Å². The van der Waals surface area contributed by atoms with Gasteiger partial charge in [0.1, 0.15) is 5.75 Å². The molecule has 3 N–H and O–H groups in total. The lowest BCUT2D eigenvalue weighted by Crippen LogP contribution is -2.36. The third-order valence-electron chi connectivity index (χ3n) is 3.73. The first-order chi connectivity index (χ1) is 10.2. The second-order valence-corrected chi connectivity index (χ2v) is 5.23. The van der Waals surface area contributed by atoms with Gasteiger partial charge in [-0.05, 0) is 31.0 Å². The zero-order valence-corrected chi connectivity index (χ0v) is 12.4. The molecule has 0 radical (unpaired) electrons. The highest BCUT2D eigenvalue weighted by atomic mass is 16.5. The lowest BCUT2D eigenvalue weighted by atomic mass is 9.95. The van der Waals surface area contributed by atoms with E-state index in [-0.39, 0.29) is 12.5 Å². The number of carbonyl (C=O) groups excluding carboxylic acids is 1. The van der Waals surface area contributed by atoms with Gasteiger partial charge in [0.05, 0.1) is 19.2 Å². The molecule has 1 saturated carbocycles. The molecule has 0 unspecified atom stereocenters. The number of hydrogen-bond donors (Lipinski definition) is 2. The number of hydrogen-bond acceptors (Lipinski definition) is 3. The molecule has 1 amide bonds. The maximum atomic E-state index is 12.3. The molecule has 1 fully saturated rings. The Balaban J connectivity index is 2.13. The van der Waals surface area contributed by atoms with Crippen molar-refractivity contribution in [2.24, 2.45) is 5.73 Å². The summed E-state index contributed by atoms with van der Waals surface area (Å²) in [5, 5.41) is 3.10. The molecule has 2 rings (SSSR count). The molecule has 0 spiro atoms. The molecule has 4 nitrogen and oxygen atoms in total. The van der Waals surface area contributed by atoms with Crippen LogP contribution in [0.25, 0.3) is 0 Å². The molecule has 1 aliphatic carbocycles. The maximum Gasteiger partial charge on any atom is 0.251 e. The van der Waals surface area contributed by atoms with Gasteiger partial charge in [0.25, 0.3) is 5.91 Å². The molecule has 1 aromatic carbocycles. The average molecular weight is 286 g/mol. The van der Waals surface area contributed by atoms with E-state index >= 15 is 0 Å². The summed E-state index contributed by atoms with van der Waals surface area (Å²) in [5.41, 5.74) is 6.70. The van der Waals surface area contributed by atoms with Crippen molar-refractivity contribution in [3.8, 4) is 17.6 Å². The van der Waals surface area contributed by atoms with Gasteiger partial charge in [-0.2, -0.15) is 0 Å². The van der Waals surface area contributed by atoms with E-state index in [9.17, 15) is 4.79 Å². The summed E-state index contributed by atoms with van der Waals surface area (Å²) in [7, 11) is 1.59. The minimum Gasteiger partial charge on any atom is -0.495 e. The molecule has 1 aliphatic rings. The van der Waals surface area contributed by atoms with Crippen LogP contribution in [-0.2, 0) is 0 Å². The summed E-state index contributed by atoms with van der Waals surface area (Å²) >= 11 is 0. The summed E-state index contributed by atoms with van der Waals surface area (Å²) in [5.74, 6) is 6.35. The van der Waals surface area contributed by atoms with E-state index < -0.39 is 0 Å². The second kappa shape index (κ2) is 7.70. The quantitative estimate of drug-likeness (QED) is 0.836. The number of carbonyl (C=O) groups is 1. The predicted molar refractivity (Wildman–Crippen MR) is 83.3 cm³/mol. The molecule has 0 bridgehead atoms. The van der Waals surface area contributed by atoms with E-state index in [1.165, 1.54) is 19.3 Å². The zero-order chi connectivity index (χ0) is 15.1. The highest BCUT2D eigenvalue weighted by molar-refractivity contribution is 5.95. The Morgan fingerprint density at radius 3 is 2.81 bits per heavy atom. The van der Waals surface area contributed by atoms with Crippen LogP contribution in [0.2, 0.25) is 0 Å². The van der Waals surface area contributed by atoms with Crippen molar-refractivity contribution >= 4 is 5.91 Å². The van der Waals surface area contributed by atoms with E-state index in [1.807, 2.05) is 0 Å². The van der Waals surface area contributed by atoms with E-state index in [1.54, 1.807) is 25.3 Å². The largest absolute Gasteiger partial charge is 0.495 e. The van der Waals surface area contributed by atoms with Crippen molar-refractivity contribution in [2.75, 3.05) is 13.7 Å². The fraction of sp³-hybridized carbons (Fsp3) is 0.471. The molecule has 4 heteroatoms.